The van der Waals surface area contributed by atoms with Crippen molar-refractivity contribution < 1.29 is 13.2 Å². The fraction of sp³-hybridized carbons (Fsp3) is 0.944. The van der Waals surface area contributed by atoms with Gasteiger partial charge in [-0.25, -0.2) is 8.42 Å². The second kappa shape index (κ2) is 9.65. The van der Waals surface area contributed by atoms with Gasteiger partial charge in [0.05, 0.1) is 11.5 Å². The number of hydrogen-bond acceptors (Lipinski definition) is 3. The summed E-state index contributed by atoms with van der Waals surface area (Å²) in [7, 11) is -2.88. The topological polar surface area (TPSA) is 63.2 Å². The van der Waals surface area contributed by atoms with E-state index in [1.807, 2.05) is 0 Å². The average molecular weight is 344 g/mol. The van der Waals surface area contributed by atoms with Crippen LogP contribution in [0.4, 0.5) is 0 Å². The normalized spacial score (nSPS) is 27.7. The predicted molar refractivity (Wildman–Crippen MR) is 94.1 cm³/mol. The van der Waals surface area contributed by atoms with E-state index in [4.69, 9.17) is 0 Å². The van der Waals surface area contributed by atoms with Crippen molar-refractivity contribution in [2.45, 2.75) is 89.5 Å². The highest BCUT2D eigenvalue weighted by atomic mass is 32.2. The molecular formula is C18H33NO3S. The highest BCUT2D eigenvalue weighted by Crippen LogP contribution is 2.22. The van der Waals surface area contributed by atoms with E-state index in [1.165, 1.54) is 57.8 Å². The van der Waals surface area contributed by atoms with Crippen LogP contribution in [0.2, 0.25) is 0 Å². The van der Waals surface area contributed by atoms with Gasteiger partial charge >= 0.3 is 0 Å². The van der Waals surface area contributed by atoms with Crippen molar-refractivity contribution in [1.82, 2.24) is 5.32 Å². The molecule has 1 aliphatic carbocycles. The lowest BCUT2D eigenvalue weighted by molar-refractivity contribution is -0.122. The highest BCUT2D eigenvalue weighted by molar-refractivity contribution is 7.91. The van der Waals surface area contributed by atoms with Crippen LogP contribution in [0.15, 0.2) is 0 Å². The van der Waals surface area contributed by atoms with Gasteiger partial charge in [0.25, 0.3) is 0 Å². The quantitative estimate of drug-likeness (QED) is 0.851. The van der Waals surface area contributed by atoms with Gasteiger partial charge in [-0.2, -0.15) is 0 Å². The zero-order valence-electron chi connectivity index (χ0n) is 14.4. The smallest absolute Gasteiger partial charge is 0.220 e. The molecule has 0 unspecified atom stereocenters. The highest BCUT2D eigenvalue weighted by Gasteiger charge is 2.29. The van der Waals surface area contributed by atoms with E-state index in [1.54, 1.807) is 0 Å². The van der Waals surface area contributed by atoms with E-state index in [9.17, 15) is 13.2 Å². The molecule has 1 saturated heterocycles. The molecule has 0 spiro atoms. The standard InChI is InChI=1S/C18H33NO3S/c20-18(14-16-12-13-23(21,22)15-16)19-17-10-8-6-4-2-1-3-5-7-9-11-17/h16-17H,1-15H2,(H,19,20)/t16-/m0/s1. The van der Waals surface area contributed by atoms with Crippen molar-refractivity contribution in [3.8, 4) is 0 Å². The van der Waals surface area contributed by atoms with Crippen molar-refractivity contribution in [1.29, 1.82) is 0 Å². The predicted octanol–water partition coefficient (Wildman–Crippen LogP) is 3.60. The van der Waals surface area contributed by atoms with Crippen molar-refractivity contribution in [3.05, 3.63) is 0 Å². The minimum Gasteiger partial charge on any atom is -0.353 e. The number of nitrogens with one attached hydrogen (secondary N) is 1. The molecule has 1 amide bonds. The van der Waals surface area contributed by atoms with Crippen LogP contribution in [0, 0.1) is 5.92 Å². The molecule has 2 fully saturated rings. The van der Waals surface area contributed by atoms with Crippen LogP contribution < -0.4 is 5.32 Å². The van der Waals surface area contributed by atoms with Gasteiger partial charge in [0.1, 0.15) is 0 Å². The summed E-state index contributed by atoms with van der Waals surface area (Å²) in [6.45, 7) is 0. The number of sulfone groups is 1. The summed E-state index contributed by atoms with van der Waals surface area (Å²) >= 11 is 0. The maximum atomic E-state index is 12.2. The third kappa shape index (κ3) is 7.69. The summed E-state index contributed by atoms with van der Waals surface area (Å²) in [4.78, 5) is 12.2. The Bertz CT molecular complexity index is 449. The first-order valence-corrected chi connectivity index (χ1v) is 11.4. The summed E-state index contributed by atoms with van der Waals surface area (Å²) in [6, 6.07) is 0.292. The fourth-order valence-electron chi connectivity index (χ4n) is 3.89. The number of carbonyl (C=O) groups excluding carboxylic acids is 1. The summed E-state index contributed by atoms with van der Waals surface area (Å²) in [5.74, 6) is 0.551. The molecule has 1 N–H and O–H groups in total. The van der Waals surface area contributed by atoms with Gasteiger partial charge in [-0.15, -0.1) is 0 Å². The first-order chi connectivity index (χ1) is 11.1. The maximum Gasteiger partial charge on any atom is 0.220 e. The third-order valence-electron chi connectivity index (χ3n) is 5.27. The molecule has 1 atom stereocenters. The SMILES string of the molecule is O=C(C[C@@H]1CCS(=O)(=O)C1)NC1CCCCCCCCCCC1. The first kappa shape index (κ1) is 18.8. The van der Waals surface area contributed by atoms with Crippen LogP contribution in [-0.4, -0.2) is 31.9 Å². The molecule has 2 rings (SSSR count). The zero-order valence-corrected chi connectivity index (χ0v) is 15.2. The summed E-state index contributed by atoms with van der Waals surface area (Å²) in [5.41, 5.74) is 0. The molecule has 0 radical (unpaired) electrons. The zero-order chi connectivity index (χ0) is 16.5. The molecule has 5 heteroatoms. The Balaban J connectivity index is 1.74. The Kier molecular flexibility index (Phi) is 7.87. The molecule has 4 nitrogen and oxygen atoms in total. The van der Waals surface area contributed by atoms with Crippen molar-refractivity contribution in [3.63, 3.8) is 0 Å². The molecular weight excluding hydrogens is 310 g/mol. The number of carbonyl (C=O) groups is 1. The lowest BCUT2D eigenvalue weighted by Crippen LogP contribution is -2.36. The Labute approximate surface area is 141 Å². The van der Waals surface area contributed by atoms with Gasteiger partial charge in [-0.1, -0.05) is 57.8 Å². The molecule has 0 aromatic carbocycles. The fourth-order valence-corrected chi connectivity index (χ4v) is 5.75. The first-order valence-electron chi connectivity index (χ1n) is 9.55. The lowest BCUT2D eigenvalue weighted by Gasteiger charge is -2.20. The monoisotopic (exact) mass is 343 g/mol. The van der Waals surface area contributed by atoms with Gasteiger partial charge in [0.15, 0.2) is 9.84 Å². The van der Waals surface area contributed by atoms with Gasteiger partial charge in [-0.3, -0.25) is 4.79 Å². The largest absolute Gasteiger partial charge is 0.353 e. The van der Waals surface area contributed by atoms with Crippen molar-refractivity contribution in [2.24, 2.45) is 5.92 Å². The Hall–Kier alpha value is -0.580. The molecule has 23 heavy (non-hydrogen) atoms. The molecule has 0 aromatic heterocycles. The molecule has 1 aliphatic heterocycles. The second-order valence-corrected chi connectivity index (χ2v) is 9.73. The Morgan fingerprint density at radius 2 is 1.35 bits per heavy atom. The molecule has 2 aliphatic rings. The second-order valence-electron chi connectivity index (χ2n) is 7.50. The van der Waals surface area contributed by atoms with Crippen LogP contribution in [-0.2, 0) is 14.6 Å². The van der Waals surface area contributed by atoms with Gasteiger partial charge in [-0.05, 0) is 25.2 Å². The molecule has 1 saturated carbocycles. The lowest BCUT2D eigenvalue weighted by atomic mass is 9.97. The molecule has 0 aromatic rings. The third-order valence-corrected chi connectivity index (χ3v) is 7.11. The van der Waals surface area contributed by atoms with Crippen LogP contribution in [0.5, 0.6) is 0 Å². The van der Waals surface area contributed by atoms with Gasteiger partial charge in [0.2, 0.25) is 5.91 Å². The van der Waals surface area contributed by atoms with E-state index in [2.05, 4.69) is 5.32 Å². The number of amides is 1. The van der Waals surface area contributed by atoms with E-state index < -0.39 is 9.84 Å². The maximum absolute atomic E-state index is 12.2. The van der Waals surface area contributed by atoms with Gasteiger partial charge in [0, 0.05) is 12.5 Å². The van der Waals surface area contributed by atoms with Crippen LogP contribution >= 0.6 is 0 Å². The van der Waals surface area contributed by atoms with Crippen molar-refractivity contribution >= 4 is 15.7 Å². The van der Waals surface area contributed by atoms with E-state index in [0.717, 1.165) is 12.8 Å². The summed E-state index contributed by atoms with van der Waals surface area (Å²) in [5, 5.41) is 3.19. The van der Waals surface area contributed by atoms with Crippen molar-refractivity contribution in [2.75, 3.05) is 11.5 Å². The Morgan fingerprint density at radius 3 is 1.83 bits per heavy atom. The molecule has 1 heterocycles. The number of rotatable bonds is 3. The van der Waals surface area contributed by atoms with E-state index in [0.29, 0.717) is 18.9 Å². The minimum atomic E-state index is -2.88. The van der Waals surface area contributed by atoms with Crippen LogP contribution in [0.3, 0.4) is 0 Å². The summed E-state index contributed by atoms with van der Waals surface area (Å²) < 4.78 is 23.0. The van der Waals surface area contributed by atoms with E-state index >= 15 is 0 Å². The molecule has 134 valence electrons. The summed E-state index contributed by atoms with van der Waals surface area (Å²) in [6.07, 6.45) is 14.9. The minimum absolute atomic E-state index is 0.0336. The van der Waals surface area contributed by atoms with Crippen LogP contribution in [0.25, 0.3) is 0 Å². The molecule has 0 bridgehead atoms. The number of hydrogen-bond donors (Lipinski definition) is 1. The van der Waals surface area contributed by atoms with Gasteiger partial charge < -0.3 is 5.32 Å². The Morgan fingerprint density at radius 1 is 0.826 bits per heavy atom. The van der Waals surface area contributed by atoms with E-state index in [-0.39, 0.29) is 23.3 Å². The average Bonchev–Trinajstić information content (AvgIpc) is 2.80. The van der Waals surface area contributed by atoms with Crippen LogP contribution in [0.1, 0.15) is 83.5 Å².